The molecular formula is C11H8K2. The fourth-order valence-electron chi connectivity index (χ4n) is 1.15. The number of hydrogen-bond acceptors (Lipinski definition) is 0. The Balaban J connectivity index is 0.000000720. The first-order valence-corrected chi connectivity index (χ1v) is 3.65. The Morgan fingerprint density at radius 3 is 2.31 bits per heavy atom. The number of fused-ring (bicyclic) bond motifs is 1. The third kappa shape index (κ3) is 4.15. The average Bonchev–Trinajstić information content (AvgIpc) is 2.04. The molecule has 0 bridgehead atoms. The van der Waals surface area contributed by atoms with Gasteiger partial charge in [-0.15, -0.1) is 12.1 Å². The molecule has 0 nitrogen and oxygen atoms in total. The van der Waals surface area contributed by atoms with E-state index < -0.39 is 0 Å². The van der Waals surface area contributed by atoms with Crippen LogP contribution in [0.1, 0.15) is 5.56 Å². The molecule has 0 aliphatic carbocycles. The second kappa shape index (κ2) is 7.28. The summed E-state index contributed by atoms with van der Waals surface area (Å²) in [5.41, 5.74) is 1.14. The molecule has 2 heteroatoms. The van der Waals surface area contributed by atoms with Crippen molar-refractivity contribution in [3.8, 4) is 0 Å². The molecule has 0 amide bonds. The first-order chi connectivity index (χ1) is 5.36. The van der Waals surface area contributed by atoms with E-state index >= 15 is 0 Å². The van der Waals surface area contributed by atoms with Crippen LogP contribution in [0.2, 0.25) is 0 Å². The predicted octanol–water partition coefficient (Wildman–Crippen LogP) is -3.24. The van der Waals surface area contributed by atoms with Crippen molar-refractivity contribution >= 4 is 10.8 Å². The Morgan fingerprint density at radius 2 is 1.62 bits per heavy atom. The van der Waals surface area contributed by atoms with E-state index in [-0.39, 0.29) is 103 Å². The normalized spacial score (nSPS) is 8.69. The summed E-state index contributed by atoms with van der Waals surface area (Å²) in [6.45, 7) is 2.03. The SMILES string of the molecule is Cc1[c-]c2ccccc2[c-]c1.[K+].[K+]. The van der Waals surface area contributed by atoms with Crippen molar-refractivity contribution in [1.82, 2.24) is 0 Å². The van der Waals surface area contributed by atoms with Crippen molar-refractivity contribution in [2.24, 2.45) is 0 Å². The summed E-state index contributed by atoms with van der Waals surface area (Å²) >= 11 is 0. The zero-order chi connectivity index (χ0) is 7.68. The summed E-state index contributed by atoms with van der Waals surface area (Å²) in [5, 5.41) is 2.28. The fraction of sp³-hybridized carbons (Fsp3) is 0.0909. The van der Waals surface area contributed by atoms with Gasteiger partial charge in [-0.2, -0.15) is 12.1 Å². The first kappa shape index (κ1) is 15.0. The van der Waals surface area contributed by atoms with Crippen LogP contribution in [0.15, 0.2) is 30.3 Å². The van der Waals surface area contributed by atoms with Gasteiger partial charge < -0.3 is 0 Å². The molecule has 2 rings (SSSR count). The fourth-order valence-corrected chi connectivity index (χ4v) is 1.15. The molecule has 0 saturated heterocycles. The Bertz CT molecular complexity index is 383. The van der Waals surface area contributed by atoms with Crippen molar-refractivity contribution in [3.63, 3.8) is 0 Å². The maximum Gasteiger partial charge on any atom is 1.00 e. The minimum Gasteiger partial charge on any atom is -0.245 e. The van der Waals surface area contributed by atoms with Crippen molar-refractivity contribution in [2.75, 3.05) is 0 Å². The molecule has 13 heavy (non-hydrogen) atoms. The van der Waals surface area contributed by atoms with Crippen LogP contribution in [0.4, 0.5) is 0 Å². The van der Waals surface area contributed by atoms with Crippen LogP contribution in [0.3, 0.4) is 0 Å². The molecule has 0 aliphatic heterocycles. The van der Waals surface area contributed by atoms with Crippen LogP contribution in [-0.2, 0) is 0 Å². The van der Waals surface area contributed by atoms with Crippen molar-refractivity contribution in [2.45, 2.75) is 6.92 Å². The van der Waals surface area contributed by atoms with Gasteiger partial charge >= 0.3 is 103 Å². The second-order valence-electron chi connectivity index (χ2n) is 2.64. The molecular weight excluding hydrogens is 210 g/mol. The van der Waals surface area contributed by atoms with Gasteiger partial charge in [0.2, 0.25) is 0 Å². The van der Waals surface area contributed by atoms with Gasteiger partial charge in [-0.25, -0.2) is 34.5 Å². The standard InChI is InChI=1S/C11H8.2K/c1-9-6-7-10-4-2-3-5-11(10)8-9;;/h2-6H,1H3;;/q-2;2*+1. The maximum atomic E-state index is 3.26. The molecule has 2 aromatic carbocycles. The molecule has 0 fully saturated rings. The molecule has 0 heterocycles. The van der Waals surface area contributed by atoms with Gasteiger partial charge in [0.05, 0.1) is 0 Å². The summed E-state index contributed by atoms with van der Waals surface area (Å²) in [5.74, 6) is 0. The number of benzene rings is 2. The van der Waals surface area contributed by atoms with Crippen LogP contribution in [0.25, 0.3) is 10.8 Å². The van der Waals surface area contributed by atoms with E-state index in [1.165, 1.54) is 0 Å². The van der Waals surface area contributed by atoms with Crippen LogP contribution >= 0.6 is 0 Å². The monoisotopic (exact) mass is 218 g/mol. The van der Waals surface area contributed by atoms with Crippen LogP contribution in [0.5, 0.6) is 0 Å². The molecule has 0 aromatic heterocycles. The number of hydrogen-bond donors (Lipinski definition) is 0. The Morgan fingerprint density at radius 1 is 1.00 bits per heavy atom. The summed E-state index contributed by atoms with van der Waals surface area (Å²) < 4.78 is 0. The number of aryl methyl sites for hydroxylation is 1. The second-order valence-corrected chi connectivity index (χ2v) is 2.64. The van der Waals surface area contributed by atoms with Crippen LogP contribution in [0, 0.1) is 19.1 Å². The minimum absolute atomic E-state index is 0. The van der Waals surface area contributed by atoms with Crippen molar-refractivity contribution < 1.29 is 103 Å². The zero-order valence-corrected chi connectivity index (χ0v) is 14.6. The molecule has 54 valence electrons. The van der Waals surface area contributed by atoms with Gasteiger partial charge in [0.15, 0.2) is 0 Å². The van der Waals surface area contributed by atoms with E-state index in [2.05, 4.69) is 18.2 Å². The Kier molecular flexibility index (Phi) is 8.38. The molecule has 0 N–H and O–H groups in total. The van der Waals surface area contributed by atoms with E-state index in [4.69, 9.17) is 0 Å². The van der Waals surface area contributed by atoms with E-state index in [1.54, 1.807) is 0 Å². The van der Waals surface area contributed by atoms with Crippen molar-refractivity contribution in [1.29, 1.82) is 0 Å². The topological polar surface area (TPSA) is 0 Å². The van der Waals surface area contributed by atoms with Gasteiger partial charge in [0.1, 0.15) is 0 Å². The van der Waals surface area contributed by atoms with E-state index in [0.29, 0.717) is 0 Å². The van der Waals surface area contributed by atoms with Crippen molar-refractivity contribution in [3.05, 3.63) is 48.0 Å². The van der Waals surface area contributed by atoms with Gasteiger partial charge in [-0.3, -0.25) is 0 Å². The smallest absolute Gasteiger partial charge is 0.245 e. The quantitative estimate of drug-likeness (QED) is 0.322. The molecule has 2 aromatic rings. The molecule has 0 saturated carbocycles. The van der Waals surface area contributed by atoms with Gasteiger partial charge in [-0.1, -0.05) is 6.92 Å². The molecule has 0 spiro atoms. The molecule has 0 aliphatic rings. The van der Waals surface area contributed by atoms with E-state index in [1.807, 2.05) is 31.2 Å². The van der Waals surface area contributed by atoms with E-state index in [9.17, 15) is 0 Å². The summed E-state index contributed by atoms with van der Waals surface area (Å²) in [6, 6.07) is 16.5. The Hall–Kier alpha value is 1.97. The zero-order valence-electron chi connectivity index (χ0n) is 8.39. The largest absolute Gasteiger partial charge is 1.00 e. The summed E-state index contributed by atoms with van der Waals surface area (Å²) in [7, 11) is 0. The van der Waals surface area contributed by atoms with Crippen LogP contribution < -0.4 is 103 Å². The van der Waals surface area contributed by atoms with E-state index in [0.717, 1.165) is 16.3 Å². The third-order valence-corrected chi connectivity index (χ3v) is 1.70. The van der Waals surface area contributed by atoms with Gasteiger partial charge in [0, 0.05) is 0 Å². The minimum atomic E-state index is 0. The first-order valence-electron chi connectivity index (χ1n) is 3.65. The molecule has 0 radical (unpaired) electrons. The number of rotatable bonds is 0. The van der Waals surface area contributed by atoms with Gasteiger partial charge in [-0.05, 0) is 0 Å². The molecule has 0 unspecified atom stereocenters. The average molecular weight is 218 g/mol. The van der Waals surface area contributed by atoms with Crippen LogP contribution in [-0.4, -0.2) is 0 Å². The summed E-state index contributed by atoms with van der Waals surface area (Å²) in [4.78, 5) is 0. The summed E-state index contributed by atoms with van der Waals surface area (Å²) in [6.07, 6.45) is 0. The predicted molar refractivity (Wildman–Crippen MR) is 46.4 cm³/mol. The van der Waals surface area contributed by atoms with Gasteiger partial charge in [0.25, 0.3) is 0 Å². The maximum absolute atomic E-state index is 3.26. The molecule has 0 atom stereocenters. The Labute approximate surface area is 164 Å². The third-order valence-electron chi connectivity index (χ3n) is 1.70.